The summed E-state index contributed by atoms with van der Waals surface area (Å²) in [6, 6.07) is 6.86. The van der Waals surface area contributed by atoms with Gasteiger partial charge in [-0.1, -0.05) is 11.6 Å². The second-order valence-corrected chi connectivity index (χ2v) is 5.86. The molecule has 24 heavy (non-hydrogen) atoms. The molecule has 1 saturated heterocycles. The van der Waals surface area contributed by atoms with Crippen LogP contribution in [0.4, 0.5) is 4.39 Å². The van der Waals surface area contributed by atoms with Crippen LogP contribution in [0.2, 0.25) is 5.02 Å². The zero-order valence-electron chi connectivity index (χ0n) is 13.4. The topological polar surface area (TPSA) is 37.6 Å². The van der Waals surface area contributed by atoms with Crippen molar-refractivity contribution in [1.29, 1.82) is 0 Å². The van der Waals surface area contributed by atoms with Gasteiger partial charge in [-0.15, -0.1) is 12.4 Å². The minimum absolute atomic E-state index is 0. The lowest BCUT2D eigenvalue weighted by Gasteiger charge is -2.34. The van der Waals surface area contributed by atoms with E-state index in [1.165, 1.54) is 6.07 Å². The maximum absolute atomic E-state index is 14.4. The smallest absolute Gasteiger partial charge is 0.173 e. The van der Waals surface area contributed by atoms with Gasteiger partial charge in [-0.2, -0.15) is 0 Å². The highest BCUT2D eigenvalue weighted by Crippen LogP contribution is 2.36. The molecule has 2 heterocycles. The van der Waals surface area contributed by atoms with Crippen LogP contribution in [0, 0.1) is 5.82 Å². The molecule has 0 aliphatic carbocycles. The summed E-state index contributed by atoms with van der Waals surface area (Å²) in [6.45, 7) is 5.68. The van der Waals surface area contributed by atoms with E-state index in [1.807, 2.05) is 12.1 Å². The van der Waals surface area contributed by atoms with Gasteiger partial charge in [0.05, 0.1) is 23.9 Å². The van der Waals surface area contributed by atoms with Crippen LogP contribution in [-0.2, 0) is 0 Å². The maximum Gasteiger partial charge on any atom is 0.173 e. The molecule has 0 saturated carbocycles. The molecule has 3 rings (SSSR count). The molecule has 1 aromatic heterocycles. The van der Waals surface area contributed by atoms with Gasteiger partial charge in [-0.3, -0.25) is 4.90 Å². The van der Waals surface area contributed by atoms with Crippen LogP contribution in [0.1, 0.15) is 24.3 Å². The molecule has 0 spiro atoms. The Morgan fingerprint density at radius 3 is 2.71 bits per heavy atom. The summed E-state index contributed by atoms with van der Waals surface area (Å²) in [5, 5.41) is 3.61. The van der Waals surface area contributed by atoms with Gasteiger partial charge < -0.3 is 14.5 Å². The number of nitrogens with one attached hydrogen (secondary N) is 1. The molecule has 132 valence electrons. The number of halogens is 3. The SMILES string of the molecule is CCOc1c(F)cc([C@H](c2ccco2)N2CCNCC2)cc1Cl.Cl. The monoisotopic (exact) mass is 374 g/mol. The van der Waals surface area contributed by atoms with Crippen LogP contribution in [0.25, 0.3) is 0 Å². The van der Waals surface area contributed by atoms with Crippen LogP contribution in [0.3, 0.4) is 0 Å². The fourth-order valence-electron chi connectivity index (χ4n) is 2.96. The summed E-state index contributed by atoms with van der Waals surface area (Å²) in [5.74, 6) is 0.448. The van der Waals surface area contributed by atoms with E-state index in [9.17, 15) is 4.39 Å². The van der Waals surface area contributed by atoms with Crippen LogP contribution in [0.15, 0.2) is 34.9 Å². The number of nitrogens with zero attached hydrogens (tertiary/aromatic N) is 1. The first-order valence-electron chi connectivity index (χ1n) is 7.80. The van der Waals surface area contributed by atoms with Crippen molar-refractivity contribution in [1.82, 2.24) is 10.2 Å². The average molecular weight is 375 g/mol. The first-order valence-corrected chi connectivity index (χ1v) is 8.18. The molecule has 1 N–H and O–H groups in total. The highest BCUT2D eigenvalue weighted by molar-refractivity contribution is 6.32. The molecule has 1 aliphatic heterocycles. The number of piperazine rings is 1. The lowest BCUT2D eigenvalue weighted by molar-refractivity contribution is 0.179. The molecule has 0 amide bonds. The molecule has 1 fully saturated rings. The molecule has 0 unspecified atom stereocenters. The van der Waals surface area contributed by atoms with E-state index in [4.69, 9.17) is 20.8 Å². The average Bonchev–Trinajstić information content (AvgIpc) is 3.06. The Bertz CT molecular complexity index is 623. The van der Waals surface area contributed by atoms with Crippen LogP contribution < -0.4 is 10.1 Å². The molecule has 2 aromatic rings. The lowest BCUT2D eigenvalue weighted by atomic mass is 10.0. The summed E-state index contributed by atoms with van der Waals surface area (Å²) >= 11 is 6.23. The number of furan rings is 1. The van der Waals surface area contributed by atoms with Crippen molar-refractivity contribution in [3.8, 4) is 5.75 Å². The zero-order valence-corrected chi connectivity index (χ0v) is 15.0. The summed E-state index contributed by atoms with van der Waals surface area (Å²) in [7, 11) is 0. The summed E-state index contributed by atoms with van der Waals surface area (Å²) in [4.78, 5) is 2.26. The molecular weight excluding hydrogens is 354 g/mol. The summed E-state index contributed by atoms with van der Waals surface area (Å²) in [6.07, 6.45) is 1.64. The summed E-state index contributed by atoms with van der Waals surface area (Å²) < 4.78 is 25.3. The van der Waals surface area contributed by atoms with E-state index in [0.717, 1.165) is 37.5 Å². The molecule has 4 nitrogen and oxygen atoms in total. The van der Waals surface area contributed by atoms with E-state index in [0.29, 0.717) is 6.61 Å². The van der Waals surface area contributed by atoms with Crippen molar-refractivity contribution in [2.24, 2.45) is 0 Å². The fourth-order valence-corrected chi connectivity index (χ4v) is 3.23. The second kappa shape index (κ2) is 8.72. The molecule has 0 bridgehead atoms. The van der Waals surface area contributed by atoms with E-state index < -0.39 is 5.82 Å². The van der Waals surface area contributed by atoms with Crippen molar-refractivity contribution < 1.29 is 13.5 Å². The van der Waals surface area contributed by atoms with Crippen molar-refractivity contribution >= 4 is 24.0 Å². The molecule has 1 atom stereocenters. The number of rotatable bonds is 5. The van der Waals surface area contributed by atoms with Gasteiger partial charge >= 0.3 is 0 Å². The predicted octanol–water partition coefficient (Wildman–Crippen LogP) is 3.89. The van der Waals surface area contributed by atoms with Crippen LogP contribution >= 0.6 is 24.0 Å². The minimum Gasteiger partial charge on any atom is -0.489 e. The van der Waals surface area contributed by atoms with Gasteiger partial charge in [0, 0.05) is 26.2 Å². The largest absolute Gasteiger partial charge is 0.489 e. The van der Waals surface area contributed by atoms with Crippen molar-refractivity contribution in [3.63, 3.8) is 0 Å². The van der Waals surface area contributed by atoms with E-state index in [1.54, 1.807) is 19.3 Å². The fraction of sp³-hybridized carbons (Fsp3) is 0.412. The van der Waals surface area contributed by atoms with Crippen LogP contribution in [0.5, 0.6) is 5.75 Å². The Kier molecular flexibility index (Phi) is 6.92. The predicted molar refractivity (Wildman–Crippen MR) is 94.8 cm³/mol. The Balaban J connectivity index is 0.00000208. The molecule has 0 radical (unpaired) electrons. The highest BCUT2D eigenvalue weighted by Gasteiger charge is 2.27. The van der Waals surface area contributed by atoms with Gasteiger partial charge in [0.1, 0.15) is 5.76 Å². The number of hydrogen-bond acceptors (Lipinski definition) is 4. The minimum atomic E-state index is -0.443. The maximum atomic E-state index is 14.4. The van der Waals surface area contributed by atoms with E-state index in [2.05, 4.69) is 10.2 Å². The van der Waals surface area contributed by atoms with Crippen LogP contribution in [-0.4, -0.2) is 37.7 Å². The molecule has 1 aliphatic rings. The first-order chi connectivity index (χ1) is 11.2. The zero-order chi connectivity index (χ0) is 16.2. The number of benzene rings is 1. The third-order valence-corrected chi connectivity index (χ3v) is 4.24. The second-order valence-electron chi connectivity index (χ2n) is 5.45. The molecular formula is C17H21Cl2FN2O2. The van der Waals surface area contributed by atoms with Gasteiger partial charge in [-0.05, 0) is 36.8 Å². The lowest BCUT2D eigenvalue weighted by Crippen LogP contribution is -2.45. The Hall–Kier alpha value is -1.27. The van der Waals surface area contributed by atoms with Gasteiger partial charge in [-0.25, -0.2) is 4.39 Å². The third-order valence-electron chi connectivity index (χ3n) is 3.95. The first kappa shape index (κ1) is 19.1. The normalized spacial score (nSPS) is 16.5. The highest BCUT2D eigenvalue weighted by atomic mass is 35.5. The summed E-state index contributed by atoms with van der Waals surface area (Å²) in [5.41, 5.74) is 0.771. The van der Waals surface area contributed by atoms with E-state index >= 15 is 0 Å². The van der Waals surface area contributed by atoms with Gasteiger partial charge in [0.25, 0.3) is 0 Å². The Labute approximate surface area is 152 Å². The van der Waals surface area contributed by atoms with Crippen molar-refractivity contribution in [2.75, 3.05) is 32.8 Å². The Morgan fingerprint density at radius 1 is 1.38 bits per heavy atom. The third kappa shape index (κ3) is 4.03. The van der Waals surface area contributed by atoms with Crippen molar-refractivity contribution in [3.05, 3.63) is 52.7 Å². The van der Waals surface area contributed by atoms with Crippen molar-refractivity contribution in [2.45, 2.75) is 13.0 Å². The van der Waals surface area contributed by atoms with Gasteiger partial charge in [0.2, 0.25) is 0 Å². The van der Waals surface area contributed by atoms with Gasteiger partial charge in [0.15, 0.2) is 11.6 Å². The Morgan fingerprint density at radius 2 is 2.12 bits per heavy atom. The number of ether oxygens (including phenoxy) is 1. The standard InChI is InChI=1S/C17H20ClFN2O2.ClH/c1-2-22-17-13(18)10-12(11-14(17)19)16(15-4-3-9-23-15)21-7-5-20-6-8-21;/h3-4,9-11,16,20H,2,5-8H2,1H3;1H/t16-;/m1./s1. The molecule has 7 heteroatoms. The molecule has 1 aromatic carbocycles. The quantitative estimate of drug-likeness (QED) is 0.861. The number of hydrogen-bond donors (Lipinski definition) is 1. The van der Waals surface area contributed by atoms with E-state index in [-0.39, 0.29) is 29.2 Å².